The topological polar surface area (TPSA) is 67.4 Å². The third kappa shape index (κ3) is 5.59. The van der Waals surface area contributed by atoms with Gasteiger partial charge in [0.05, 0.1) is 19.0 Å². The Labute approximate surface area is 155 Å². The molecule has 1 amide bonds. The van der Waals surface area contributed by atoms with Crippen LogP contribution in [0, 0.1) is 0 Å². The van der Waals surface area contributed by atoms with Crippen LogP contribution in [0.3, 0.4) is 0 Å². The van der Waals surface area contributed by atoms with E-state index in [1.807, 2.05) is 30.3 Å². The van der Waals surface area contributed by atoms with Crippen molar-refractivity contribution in [3.63, 3.8) is 0 Å². The monoisotopic (exact) mass is 378 g/mol. The van der Waals surface area contributed by atoms with E-state index in [1.165, 1.54) is 11.8 Å². The molecule has 0 spiro atoms. The molecule has 0 radical (unpaired) electrons. The summed E-state index contributed by atoms with van der Waals surface area (Å²) < 4.78 is 5.35. The summed E-state index contributed by atoms with van der Waals surface area (Å²) in [4.78, 5) is 22.8. The lowest BCUT2D eigenvalue weighted by atomic mass is 10.2. The molecule has 1 aliphatic rings. The van der Waals surface area contributed by atoms with Crippen LogP contribution in [0.25, 0.3) is 0 Å². The van der Waals surface area contributed by atoms with Gasteiger partial charge in [0.15, 0.2) is 5.16 Å². The number of anilines is 1. The molecule has 0 bridgehead atoms. The van der Waals surface area contributed by atoms with E-state index in [0.717, 1.165) is 24.5 Å². The number of halogens is 1. The second-order valence-electron chi connectivity index (χ2n) is 5.48. The highest BCUT2D eigenvalue weighted by Gasteiger charge is 2.15. The van der Waals surface area contributed by atoms with Crippen molar-refractivity contribution >= 4 is 35.1 Å². The zero-order valence-electron chi connectivity index (χ0n) is 13.7. The second-order valence-corrected chi connectivity index (χ2v) is 6.81. The Balaban J connectivity index is 1.53. The largest absolute Gasteiger partial charge is 0.378 e. The molecular weight excluding hydrogens is 360 g/mol. The number of nitrogens with one attached hydrogen (secondary N) is 1. The first-order valence-corrected chi connectivity index (χ1v) is 9.38. The van der Waals surface area contributed by atoms with Crippen LogP contribution in [0.15, 0.2) is 41.6 Å². The minimum Gasteiger partial charge on any atom is -0.378 e. The van der Waals surface area contributed by atoms with Crippen LogP contribution >= 0.6 is 23.4 Å². The molecule has 8 heteroatoms. The fraction of sp³-hybridized carbons (Fsp3) is 0.353. The summed E-state index contributed by atoms with van der Waals surface area (Å²) in [5.74, 6) is 0.955. The van der Waals surface area contributed by atoms with Crippen LogP contribution in [0.2, 0.25) is 5.15 Å². The van der Waals surface area contributed by atoms with Crippen molar-refractivity contribution in [3.8, 4) is 0 Å². The molecule has 1 aliphatic heterocycles. The maximum absolute atomic E-state index is 12.0. The minimum atomic E-state index is -0.0645. The molecule has 1 aromatic carbocycles. The Bertz CT molecular complexity index is 711. The van der Waals surface area contributed by atoms with E-state index in [9.17, 15) is 4.79 Å². The van der Waals surface area contributed by atoms with Crippen molar-refractivity contribution in [1.82, 2.24) is 15.3 Å². The van der Waals surface area contributed by atoms with Crippen molar-refractivity contribution in [2.45, 2.75) is 11.7 Å². The molecular formula is C17H19ClN4O2S. The van der Waals surface area contributed by atoms with Gasteiger partial charge in [-0.1, -0.05) is 53.7 Å². The van der Waals surface area contributed by atoms with Gasteiger partial charge < -0.3 is 15.0 Å². The van der Waals surface area contributed by atoms with Crippen molar-refractivity contribution in [2.24, 2.45) is 0 Å². The molecule has 25 heavy (non-hydrogen) atoms. The highest BCUT2D eigenvalue weighted by molar-refractivity contribution is 7.99. The maximum atomic E-state index is 12.0. The molecule has 2 heterocycles. The lowest BCUT2D eigenvalue weighted by Gasteiger charge is -2.27. The number of hydrogen-bond donors (Lipinski definition) is 1. The molecule has 3 rings (SSSR count). The zero-order valence-corrected chi connectivity index (χ0v) is 15.2. The Hall–Kier alpha value is -1.83. The molecule has 0 aliphatic carbocycles. The second kappa shape index (κ2) is 9.03. The number of morpholine rings is 1. The van der Waals surface area contributed by atoms with Crippen molar-refractivity contribution in [2.75, 3.05) is 37.0 Å². The van der Waals surface area contributed by atoms with Gasteiger partial charge in [-0.15, -0.1) is 0 Å². The van der Waals surface area contributed by atoms with Gasteiger partial charge in [-0.3, -0.25) is 4.79 Å². The Morgan fingerprint density at radius 3 is 2.76 bits per heavy atom. The molecule has 1 aromatic heterocycles. The molecule has 1 fully saturated rings. The number of nitrogens with zero attached hydrogens (tertiary/aromatic N) is 3. The normalized spacial score (nSPS) is 14.4. The van der Waals surface area contributed by atoms with Gasteiger partial charge in [0.25, 0.3) is 0 Å². The number of rotatable bonds is 6. The van der Waals surface area contributed by atoms with Gasteiger partial charge in [0.2, 0.25) is 5.91 Å². The number of amides is 1. The lowest BCUT2D eigenvalue weighted by molar-refractivity contribution is -0.118. The van der Waals surface area contributed by atoms with Crippen LogP contribution in [0.5, 0.6) is 0 Å². The van der Waals surface area contributed by atoms with Crippen LogP contribution in [-0.4, -0.2) is 47.9 Å². The van der Waals surface area contributed by atoms with E-state index in [-0.39, 0.29) is 11.7 Å². The fourth-order valence-corrected chi connectivity index (χ4v) is 3.29. The summed E-state index contributed by atoms with van der Waals surface area (Å²) in [5, 5.41) is 3.77. The predicted octanol–water partition coefficient (Wildman–Crippen LogP) is 2.38. The molecule has 0 unspecified atom stereocenters. The summed E-state index contributed by atoms with van der Waals surface area (Å²) in [6.07, 6.45) is 0. The summed E-state index contributed by atoms with van der Waals surface area (Å²) in [7, 11) is 0. The van der Waals surface area contributed by atoms with E-state index in [1.54, 1.807) is 6.07 Å². The third-order valence-corrected chi connectivity index (χ3v) is 4.70. The first kappa shape index (κ1) is 18.0. The van der Waals surface area contributed by atoms with E-state index in [0.29, 0.717) is 30.1 Å². The maximum Gasteiger partial charge on any atom is 0.230 e. The molecule has 2 aromatic rings. The molecule has 0 saturated carbocycles. The summed E-state index contributed by atoms with van der Waals surface area (Å²) in [5.41, 5.74) is 1.06. The molecule has 1 N–H and O–H groups in total. The molecule has 1 saturated heterocycles. The summed E-state index contributed by atoms with van der Waals surface area (Å²) >= 11 is 7.38. The number of benzene rings is 1. The zero-order chi connectivity index (χ0) is 17.5. The van der Waals surface area contributed by atoms with E-state index in [4.69, 9.17) is 16.3 Å². The highest BCUT2D eigenvalue weighted by Crippen LogP contribution is 2.22. The number of ether oxygens (including phenoxy) is 1. The number of carbonyl (C=O) groups excluding carboxylic acids is 1. The number of thioether (sulfide) groups is 1. The van der Waals surface area contributed by atoms with Crippen LogP contribution < -0.4 is 10.2 Å². The average molecular weight is 379 g/mol. The molecule has 6 nitrogen and oxygen atoms in total. The molecule has 132 valence electrons. The van der Waals surface area contributed by atoms with Crippen molar-refractivity contribution in [3.05, 3.63) is 47.1 Å². The van der Waals surface area contributed by atoms with Gasteiger partial charge in [-0.05, 0) is 5.56 Å². The standard InChI is InChI=1S/C17H19ClN4O2S/c18-14-10-15(22-6-8-24-9-7-22)21-17(20-14)25-12-16(23)19-11-13-4-2-1-3-5-13/h1-5,10H,6-9,11-12H2,(H,19,23). The Kier molecular flexibility index (Phi) is 6.49. The first-order valence-electron chi connectivity index (χ1n) is 8.01. The Morgan fingerprint density at radius 2 is 2.00 bits per heavy atom. The van der Waals surface area contributed by atoms with Crippen molar-refractivity contribution < 1.29 is 9.53 Å². The molecule has 0 atom stereocenters. The Morgan fingerprint density at radius 1 is 1.24 bits per heavy atom. The number of aromatic nitrogens is 2. The SMILES string of the molecule is O=C(CSc1nc(Cl)cc(N2CCOCC2)n1)NCc1ccccc1. The van der Waals surface area contributed by atoms with Gasteiger partial charge in [0, 0.05) is 25.7 Å². The van der Waals surface area contributed by atoms with Gasteiger partial charge in [-0.2, -0.15) is 0 Å². The van der Waals surface area contributed by atoms with Crippen LogP contribution in [-0.2, 0) is 16.1 Å². The van der Waals surface area contributed by atoms with E-state index in [2.05, 4.69) is 20.2 Å². The van der Waals surface area contributed by atoms with E-state index < -0.39 is 0 Å². The van der Waals surface area contributed by atoms with Gasteiger partial charge in [-0.25, -0.2) is 9.97 Å². The lowest BCUT2D eigenvalue weighted by Crippen LogP contribution is -2.36. The quantitative estimate of drug-likeness (QED) is 0.473. The van der Waals surface area contributed by atoms with E-state index >= 15 is 0 Å². The smallest absolute Gasteiger partial charge is 0.230 e. The predicted molar refractivity (Wildman–Crippen MR) is 99.1 cm³/mol. The summed E-state index contributed by atoms with van der Waals surface area (Å²) in [6.45, 7) is 3.40. The van der Waals surface area contributed by atoms with Gasteiger partial charge >= 0.3 is 0 Å². The fourth-order valence-electron chi connectivity index (χ4n) is 2.38. The van der Waals surface area contributed by atoms with Crippen LogP contribution in [0.1, 0.15) is 5.56 Å². The average Bonchev–Trinajstić information content (AvgIpc) is 2.66. The van der Waals surface area contributed by atoms with Gasteiger partial charge in [0.1, 0.15) is 11.0 Å². The minimum absolute atomic E-state index is 0.0645. The highest BCUT2D eigenvalue weighted by atomic mass is 35.5. The third-order valence-electron chi connectivity index (χ3n) is 3.66. The first-order chi connectivity index (χ1) is 12.2. The number of carbonyl (C=O) groups is 1. The summed E-state index contributed by atoms with van der Waals surface area (Å²) in [6, 6.07) is 11.5. The van der Waals surface area contributed by atoms with Crippen molar-refractivity contribution in [1.29, 1.82) is 0 Å². The van der Waals surface area contributed by atoms with Crippen LogP contribution in [0.4, 0.5) is 5.82 Å². The number of hydrogen-bond acceptors (Lipinski definition) is 6.